The highest BCUT2D eigenvalue weighted by atomic mass is 19.4. The van der Waals surface area contributed by atoms with Crippen LogP contribution in [0.4, 0.5) is 32.2 Å². The molecule has 1 N–H and O–H groups in total. The Morgan fingerprint density at radius 3 is 2.05 bits per heavy atom. The zero-order chi connectivity index (χ0) is 17.3. The minimum absolute atomic E-state index is 0.209. The van der Waals surface area contributed by atoms with Crippen LogP contribution >= 0.6 is 0 Å². The van der Waals surface area contributed by atoms with Crippen molar-refractivity contribution in [3.63, 3.8) is 0 Å². The van der Waals surface area contributed by atoms with E-state index in [0.29, 0.717) is 12.1 Å². The number of anilines is 1. The van der Waals surface area contributed by atoms with E-state index in [9.17, 15) is 35.9 Å². The van der Waals surface area contributed by atoms with Gasteiger partial charge in [-0.3, -0.25) is 9.69 Å². The van der Waals surface area contributed by atoms with Crippen LogP contribution in [0.25, 0.3) is 0 Å². The van der Waals surface area contributed by atoms with Gasteiger partial charge in [0.1, 0.15) is 11.9 Å². The summed E-state index contributed by atoms with van der Waals surface area (Å²) in [5.74, 6) is -5.18. The molecule has 1 atom stereocenters. The number of rotatable bonds is 3. The first-order valence-corrected chi connectivity index (χ1v) is 5.52. The highest BCUT2D eigenvalue weighted by Gasteiger charge is 2.46. The van der Waals surface area contributed by atoms with Gasteiger partial charge in [-0.25, -0.2) is 9.78 Å². The maximum absolute atomic E-state index is 12.5. The number of pyridine rings is 1. The van der Waals surface area contributed by atoms with E-state index >= 15 is 0 Å². The van der Waals surface area contributed by atoms with Crippen LogP contribution in [0.5, 0.6) is 0 Å². The Morgan fingerprint density at radius 2 is 1.73 bits per heavy atom. The molecule has 0 aliphatic heterocycles. The molecule has 0 aliphatic rings. The average Bonchev–Trinajstić information content (AvgIpc) is 2.37. The molecule has 0 saturated carbocycles. The van der Waals surface area contributed by atoms with Gasteiger partial charge in [0.05, 0.1) is 5.56 Å². The van der Waals surface area contributed by atoms with E-state index in [0.717, 1.165) is 6.92 Å². The number of carbonyl (C=O) groups is 2. The van der Waals surface area contributed by atoms with Crippen molar-refractivity contribution in [1.82, 2.24) is 4.98 Å². The number of aliphatic carboxylic acids is 1. The molecule has 0 bridgehead atoms. The molecule has 5 nitrogen and oxygen atoms in total. The average molecular weight is 330 g/mol. The topological polar surface area (TPSA) is 70.5 Å². The summed E-state index contributed by atoms with van der Waals surface area (Å²) in [4.78, 5) is 24.9. The van der Waals surface area contributed by atoms with E-state index in [4.69, 9.17) is 5.11 Å². The maximum Gasteiger partial charge on any atom is 0.471 e. The second kappa shape index (κ2) is 5.81. The monoisotopic (exact) mass is 330 g/mol. The normalized spacial score (nSPS) is 13.6. The largest absolute Gasteiger partial charge is 0.480 e. The van der Waals surface area contributed by atoms with Crippen LogP contribution in [0.1, 0.15) is 12.5 Å². The molecule has 0 saturated heterocycles. The molecule has 0 aromatic carbocycles. The summed E-state index contributed by atoms with van der Waals surface area (Å²) < 4.78 is 74.5. The van der Waals surface area contributed by atoms with Gasteiger partial charge in [0.15, 0.2) is 0 Å². The Hall–Kier alpha value is -2.33. The third-order valence-electron chi connectivity index (χ3n) is 2.53. The lowest BCUT2D eigenvalue weighted by Crippen LogP contribution is -2.49. The van der Waals surface area contributed by atoms with E-state index in [1.54, 1.807) is 0 Å². The molecule has 1 aromatic heterocycles. The zero-order valence-electron chi connectivity index (χ0n) is 10.7. The van der Waals surface area contributed by atoms with Crippen molar-refractivity contribution < 1.29 is 41.0 Å². The Kier molecular flexibility index (Phi) is 4.68. The molecule has 1 unspecified atom stereocenters. The van der Waals surface area contributed by atoms with Gasteiger partial charge in [-0.15, -0.1) is 0 Å². The van der Waals surface area contributed by atoms with E-state index < -0.39 is 41.7 Å². The minimum Gasteiger partial charge on any atom is -0.480 e. The molecule has 0 radical (unpaired) electrons. The van der Waals surface area contributed by atoms with Crippen molar-refractivity contribution in [2.75, 3.05) is 4.90 Å². The SMILES string of the molecule is CC(C(=O)O)N(C(=O)C(F)(F)F)c1ccc(C(F)(F)F)cn1. The minimum atomic E-state index is -5.41. The summed E-state index contributed by atoms with van der Waals surface area (Å²) in [6, 6.07) is -1.09. The van der Waals surface area contributed by atoms with Gasteiger partial charge in [-0.05, 0) is 19.1 Å². The Balaban J connectivity index is 3.28. The van der Waals surface area contributed by atoms with Crippen LogP contribution in [-0.2, 0) is 15.8 Å². The number of carboxylic acids is 1. The summed E-state index contributed by atoms with van der Waals surface area (Å²) in [7, 11) is 0. The smallest absolute Gasteiger partial charge is 0.471 e. The van der Waals surface area contributed by atoms with Gasteiger partial charge >= 0.3 is 24.2 Å². The van der Waals surface area contributed by atoms with E-state index in [1.165, 1.54) is 0 Å². The molecule has 1 aromatic rings. The Labute approximate surface area is 119 Å². The van der Waals surface area contributed by atoms with Gasteiger partial charge in [0.2, 0.25) is 0 Å². The van der Waals surface area contributed by atoms with Crippen molar-refractivity contribution in [1.29, 1.82) is 0 Å². The summed E-state index contributed by atoms with van der Waals surface area (Å²) in [5.41, 5.74) is -1.25. The molecular weight excluding hydrogens is 322 g/mol. The Morgan fingerprint density at radius 1 is 1.18 bits per heavy atom. The van der Waals surface area contributed by atoms with Crippen molar-refractivity contribution in [2.24, 2.45) is 0 Å². The van der Waals surface area contributed by atoms with Gasteiger partial charge < -0.3 is 5.11 Å². The highest BCUT2D eigenvalue weighted by Crippen LogP contribution is 2.30. The van der Waals surface area contributed by atoms with E-state index in [1.807, 2.05) is 0 Å². The molecule has 1 amide bonds. The molecule has 22 heavy (non-hydrogen) atoms. The lowest BCUT2D eigenvalue weighted by Gasteiger charge is -2.26. The lowest BCUT2D eigenvalue weighted by molar-refractivity contribution is -0.171. The fraction of sp³-hybridized carbons (Fsp3) is 0.364. The van der Waals surface area contributed by atoms with Crippen molar-refractivity contribution >= 4 is 17.7 Å². The quantitative estimate of drug-likeness (QED) is 0.865. The van der Waals surface area contributed by atoms with Crippen LogP contribution < -0.4 is 4.90 Å². The molecule has 1 heterocycles. The number of hydrogen-bond donors (Lipinski definition) is 1. The molecule has 11 heteroatoms. The lowest BCUT2D eigenvalue weighted by atomic mass is 10.2. The maximum atomic E-state index is 12.5. The first kappa shape index (κ1) is 17.7. The summed E-state index contributed by atoms with van der Waals surface area (Å²) in [5, 5.41) is 8.74. The van der Waals surface area contributed by atoms with Crippen LogP contribution in [-0.4, -0.2) is 34.2 Å². The van der Waals surface area contributed by atoms with Gasteiger partial charge in [0, 0.05) is 6.20 Å². The standard InChI is InChI=1S/C11H8F6N2O3/c1-5(8(20)21)19(9(22)11(15,16)17)7-3-2-6(4-18-7)10(12,13)14/h2-5H,1H3,(H,20,21). The van der Waals surface area contributed by atoms with Gasteiger partial charge in [0.25, 0.3) is 0 Å². The number of nitrogens with zero attached hydrogens (tertiary/aromatic N) is 2. The number of hydrogen-bond acceptors (Lipinski definition) is 3. The third-order valence-corrected chi connectivity index (χ3v) is 2.53. The number of alkyl halides is 6. The molecule has 1 rings (SSSR count). The number of carbonyl (C=O) groups excluding carboxylic acids is 1. The fourth-order valence-corrected chi connectivity index (χ4v) is 1.42. The third kappa shape index (κ3) is 3.86. The van der Waals surface area contributed by atoms with Gasteiger partial charge in [-0.1, -0.05) is 0 Å². The fourth-order valence-electron chi connectivity index (χ4n) is 1.42. The summed E-state index contributed by atoms with van der Waals surface area (Å²) in [6.45, 7) is 0.769. The zero-order valence-corrected chi connectivity index (χ0v) is 10.7. The predicted octanol–water partition coefficient (Wildman–Crippen LogP) is 2.47. The van der Waals surface area contributed by atoms with Gasteiger partial charge in [-0.2, -0.15) is 26.3 Å². The van der Waals surface area contributed by atoms with Crippen molar-refractivity contribution in [3.05, 3.63) is 23.9 Å². The second-order valence-corrected chi connectivity index (χ2v) is 4.09. The van der Waals surface area contributed by atoms with E-state index in [-0.39, 0.29) is 11.1 Å². The predicted molar refractivity (Wildman–Crippen MR) is 59.9 cm³/mol. The number of aromatic nitrogens is 1. The number of halogens is 6. The molecule has 0 spiro atoms. The molecule has 0 fully saturated rings. The van der Waals surface area contributed by atoms with E-state index in [2.05, 4.69) is 4.98 Å². The Bertz CT molecular complexity index is 567. The van der Waals surface area contributed by atoms with Crippen molar-refractivity contribution in [2.45, 2.75) is 25.3 Å². The van der Waals surface area contributed by atoms with Crippen LogP contribution in [0.15, 0.2) is 18.3 Å². The summed E-state index contributed by atoms with van der Waals surface area (Å²) >= 11 is 0. The number of amides is 1. The van der Waals surface area contributed by atoms with Crippen LogP contribution in [0, 0.1) is 0 Å². The molecular formula is C11H8F6N2O3. The first-order chi connectivity index (χ1) is 9.85. The van der Waals surface area contributed by atoms with Crippen molar-refractivity contribution in [3.8, 4) is 0 Å². The first-order valence-electron chi connectivity index (χ1n) is 5.52. The second-order valence-electron chi connectivity index (χ2n) is 4.09. The molecule has 0 aliphatic carbocycles. The van der Waals surface area contributed by atoms with Crippen LogP contribution in [0.3, 0.4) is 0 Å². The highest BCUT2D eigenvalue weighted by molar-refractivity contribution is 6.01. The molecule has 122 valence electrons. The summed E-state index contributed by atoms with van der Waals surface area (Å²) in [6.07, 6.45) is -9.97. The van der Waals surface area contributed by atoms with Crippen LogP contribution in [0.2, 0.25) is 0 Å². The number of carboxylic acid groups (broad SMARTS) is 1.